The number of nitrogens with zero attached hydrogens (tertiary/aromatic N) is 3. The van der Waals surface area contributed by atoms with Gasteiger partial charge < -0.3 is 0 Å². The van der Waals surface area contributed by atoms with E-state index in [0.717, 1.165) is 21.8 Å². The fourth-order valence-electron chi connectivity index (χ4n) is 3.06. The summed E-state index contributed by atoms with van der Waals surface area (Å²) < 4.78 is 0. The molecule has 2 aliphatic heterocycles. The summed E-state index contributed by atoms with van der Waals surface area (Å²) in [6.07, 6.45) is 0. The summed E-state index contributed by atoms with van der Waals surface area (Å²) >= 11 is 7.78. The van der Waals surface area contributed by atoms with Gasteiger partial charge in [0.1, 0.15) is 11.9 Å². The highest BCUT2D eigenvalue weighted by atomic mass is 35.5. The molecule has 1 amide bonds. The first kappa shape index (κ1) is 17.3. The summed E-state index contributed by atoms with van der Waals surface area (Å²) in [7, 11) is 0. The monoisotopic (exact) mass is 383 g/mol. The van der Waals surface area contributed by atoms with Gasteiger partial charge in [0, 0.05) is 16.3 Å². The van der Waals surface area contributed by atoms with Crippen molar-refractivity contribution in [3.8, 4) is 0 Å². The van der Waals surface area contributed by atoms with Crippen LogP contribution in [0.1, 0.15) is 25.0 Å². The van der Waals surface area contributed by atoms with E-state index in [1.165, 1.54) is 11.8 Å². The van der Waals surface area contributed by atoms with E-state index in [-0.39, 0.29) is 17.9 Å². The first-order valence-corrected chi connectivity index (χ1v) is 9.88. The Morgan fingerprint density at radius 3 is 2.65 bits per heavy atom. The Bertz CT molecular complexity index is 938. The van der Waals surface area contributed by atoms with Crippen LogP contribution in [0.4, 0.5) is 5.69 Å². The number of carbonyl (C=O) groups is 1. The van der Waals surface area contributed by atoms with Crippen molar-refractivity contribution in [1.29, 1.82) is 0 Å². The first-order chi connectivity index (χ1) is 12.6. The molecule has 0 saturated carbocycles. The number of fused-ring (bicyclic) bond motifs is 3. The molecular formula is C20H18ClN3OS. The normalized spacial score (nSPS) is 18.5. The molecule has 0 fully saturated rings. The quantitative estimate of drug-likeness (QED) is 0.757. The molecule has 2 aromatic rings. The summed E-state index contributed by atoms with van der Waals surface area (Å²) in [5, 5.41) is 1.38. The minimum absolute atomic E-state index is 0.00471. The number of hydrogen-bond donors (Lipinski definition) is 0. The van der Waals surface area contributed by atoms with Crippen molar-refractivity contribution in [3.63, 3.8) is 0 Å². The first-order valence-electron chi connectivity index (χ1n) is 8.52. The van der Waals surface area contributed by atoms with Gasteiger partial charge in [0.15, 0.2) is 5.17 Å². The minimum Gasteiger partial charge on any atom is -0.271 e. The third-order valence-corrected chi connectivity index (χ3v) is 5.80. The van der Waals surface area contributed by atoms with Gasteiger partial charge in [-0.05, 0) is 29.7 Å². The molecule has 6 heteroatoms. The maximum Gasteiger partial charge on any atom is 0.259 e. The van der Waals surface area contributed by atoms with Gasteiger partial charge in [0.25, 0.3) is 5.91 Å². The third kappa shape index (κ3) is 2.95. The lowest BCUT2D eigenvalue weighted by Crippen LogP contribution is -2.41. The Hall–Kier alpha value is -2.11. The van der Waals surface area contributed by atoms with Crippen LogP contribution < -0.4 is 0 Å². The summed E-state index contributed by atoms with van der Waals surface area (Å²) in [6.45, 7) is 4.04. The molecule has 4 rings (SSSR count). The molecule has 0 aliphatic carbocycles. The number of hydrogen-bond acceptors (Lipinski definition) is 4. The van der Waals surface area contributed by atoms with Crippen LogP contribution in [0.5, 0.6) is 0 Å². The van der Waals surface area contributed by atoms with E-state index in [1.54, 1.807) is 4.90 Å². The molecule has 2 aliphatic rings. The fourth-order valence-corrected chi connectivity index (χ4v) is 4.34. The number of carbonyl (C=O) groups excluding carboxylic acids is 1. The van der Waals surface area contributed by atoms with Gasteiger partial charge in [-0.3, -0.25) is 9.79 Å². The predicted octanol–water partition coefficient (Wildman–Crippen LogP) is 4.89. The van der Waals surface area contributed by atoms with Crippen LogP contribution >= 0.6 is 23.4 Å². The van der Waals surface area contributed by atoms with Gasteiger partial charge in [-0.15, -0.1) is 0 Å². The average molecular weight is 384 g/mol. The Morgan fingerprint density at radius 1 is 1.15 bits per heavy atom. The molecule has 0 N–H and O–H groups in total. The molecule has 0 aromatic heterocycles. The van der Waals surface area contributed by atoms with Crippen molar-refractivity contribution in [1.82, 2.24) is 4.90 Å². The van der Waals surface area contributed by atoms with Gasteiger partial charge >= 0.3 is 0 Å². The lowest BCUT2D eigenvalue weighted by Gasteiger charge is -2.25. The number of halogens is 1. The summed E-state index contributed by atoms with van der Waals surface area (Å²) in [5.74, 6) is 1.49. The van der Waals surface area contributed by atoms with Crippen molar-refractivity contribution in [2.24, 2.45) is 15.9 Å². The van der Waals surface area contributed by atoms with Gasteiger partial charge in [0.2, 0.25) is 0 Å². The van der Waals surface area contributed by atoms with Crippen LogP contribution in [0.2, 0.25) is 5.02 Å². The fraction of sp³-hybridized carbons (Fsp3) is 0.250. The summed E-state index contributed by atoms with van der Waals surface area (Å²) in [6, 6.07) is 15.2. The largest absolute Gasteiger partial charge is 0.271 e. The highest BCUT2D eigenvalue weighted by Gasteiger charge is 2.42. The zero-order valence-corrected chi connectivity index (χ0v) is 16.1. The molecule has 0 bridgehead atoms. The lowest BCUT2D eigenvalue weighted by molar-refractivity contribution is -0.125. The van der Waals surface area contributed by atoms with Crippen LogP contribution in [0.25, 0.3) is 0 Å². The van der Waals surface area contributed by atoms with E-state index in [4.69, 9.17) is 21.6 Å². The average Bonchev–Trinajstić information content (AvgIpc) is 2.99. The standard InChI is InChI=1S/C20H18ClN3OS/c1-12(2)17-19(25)24-18(23-17)14-8-4-6-10-16(14)22-20(24)26-11-13-7-3-5-9-15(13)21/h3-10,12,17H,11H2,1-2H3. The van der Waals surface area contributed by atoms with Crippen molar-refractivity contribution < 1.29 is 4.79 Å². The molecule has 0 spiro atoms. The summed E-state index contributed by atoms with van der Waals surface area (Å²) in [5.41, 5.74) is 2.78. The van der Waals surface area contributed by atoms with E-state index >= 15 is 0 Å². The van der Waals surface area contributed by atoms with Gasteiger partial charge in [-0.2, -0.15) is 0 Å². The molecule has 132 valence electrons. The number of para-hydroxylation sites is 1. The van der Waals surface area contributed by atoms with E-state index in [0.29, 0.717) is 16.8 Å². The SMILES string of the molecule is CC(C)C1N=C2c3ccccc3N=C(SCc3ccccc3Cl)N2C1=O. The Labute approximate surface area is 162 Å². The molecular weight excluding hydrogens is 366 g/mol. The molecule has 26 heavy (non-hydrogen) atoms. The topological polar surface area (TPSA) is 45.0 Å². The van der Waals surface area contributed by atoms with Crippen molar-refractivity contribution >= 4 is 46.0 Å². The molecule has 1 atom stereocenters. The second-order valence-electron chi connectivity index (χ2n) is 6.61. The zero-order valence-electron chi connectivity index (χ0n) is 14.5. The highest BCUT2D eigenvalue weighted by molar-refractivity contribution is 8.13. The molecule has 4 nitrogen and oxygen atoms in total. The van der Waals surface area contributed by atoms with E-state index in [9.17, 15) is 4.79 Å². The Kier molecular flexibility index (Phi) is 4.59. The molecule has 2 heterocycles. The maximum absolute atomic E-state index is 13.0. The Balaban J connectivity index is 1.71. The lowest BCUT2D eigenvalue weighted by atomic mass is 10.1. The second kappa shape index (κ2) is 6.89. The predicted molar refractivity (Wildman–Crippen MR) is 108 cm³/mol. The molecule has 0 saturated heterocycles. The van der Waals surface area contributed by atoms with Gasteiger partial charge in [0.05, 0.1) is 5.69 Å². The van der Waals surface area contributed by atoms with Gasteiger partial charge in [-0.1, -0.05) is 67.5 Å². The summed E-state index contributed by atoms with van der Waals surface area (Å²) in [4.78, 5) is 24.1. The number of benzene rings is 2. The molecule has 1 unspecified atom stereocenters. The molecule has 0 radical (unpaired) electrons. The number of aliphatic imine (C=N–C) groups is 2. The Morgan fingerprint density at radius 2 is 1.88 bits per heavy atom. The molecule has 2 aromatic carbocycles. The van der Waals surface area contributed by atoms with Gasteiger partial charge in [-0.25, -0.2) is 9.89 Å². The van der Waals surface area contributed by atoms with Crippen LogP contribution in [-0.2, 0) is 10.5 Å². The van der Waals surface area contributed by atoms with E-state index in [1.807, 2.05) is 62.4 Å². The highest BCUT2D eigenvalue weighted by Crippen LogP contribution is 2.36. The number of rotatable bonds is 3. The van der Waals surface area contributed by atoms with Crippen LogP contribution in [0.3, 0.4) is 0 Å². The number of thioether (sulfide) groups is 1. The van der Waals surface area contributed by atoms with E-state index in [2.05, 4.69) is 0 Å². The van der Waals surface area contributed by atoms with Crippen LogP contribution in [0, 0.1) is 5.92 Å². The number of amidine groups is 2. The van der Waals surface area contributed by atoms with Crippen molar-refractivity contribution in [2.45, 2.75) is 25.6 Å². The zero-order chi connectivity index (χ0) is 18.3. The smallest absolute Gasteiger partial charge is 0.259 e. The van der Waals surface area contributed by atoms with E-state index < -0.39 is 0 Å². The van der Waals surface area contributed by atoms with Crippen LogP contribution in [0.15, 0.2) is 58.5 Å². The minimum atomic E-state index is -0.359. The van der Waals surface area contributed by atoms with Crippen molar-refractivity contribution in [3.05, 3.63) is 64.7 Å². The maximum atomic E-state index is 13.0. The second-order valence-corrected chi connectivity index (χ2v) is 7.96. The van der Waals surface area contributed by atoms with Crippen molar-refractivity contribution in [2.75, 3.05) is 0 Å². The third-order valence-electron chi connectivity index (χ3n) is 4.44. The number of amides is 1. The van der Waals surface area contributed by atoms with Crippen LogP contribution in [-0.4, -0.2) is 27.9 Å².